The lowest BCUT2D eigenvalue weighted by Crippen LogP contribution is -2.57. The van der Waals surface area contributed by atoms with Gasteiger partial charge >= 0.3 is 5.97 Å². The average Bonchev–Trinajstić information content (AvgIpc) is 2.70. The fraction of sp³-hybridized carbons (Fsp3) is 0.680. The summed E-state index contributed by atoms with van der Waals surface area (Å²) in [7, 11) is 0. The summed E-state index contributed by atoms with van der Waals surface area (Å²) < 4.78 is 0. The quantitative estimate of drug-likeness (QED) is 0.627. The second-order valence-electron chi connectivity index (χ2n) is 10.00. The first kappa shape index (κ1) is 23.2. The zero-order valence-electron chi connectivity index (χ0n) is 19.1. The van der Waals surface area contributed by atoms with Crippen LogP contribution in [-0.4, -0.2) is 35.0 Å². The highest BCUT2D eigenvalue weighted by atomic mass is 32.2. The van der Waals surface area contributed by atoms with Crippen molar-refractivity contribution in [3.8, 4) is 0 Å². The molecule has 0 bridgehead atoms. The van der Waals surface area contributed by atoms with Gasteiger partial charge in [-0.3, -0.25) is 4.79 Å². The molecule has 0 aromatic heterocycles. The minimum atomic E-state index is -0.935. The van der Waals surface area contributed by atoms with E-state index in [2.05, 4.69) is 51.2 Å². The number of carboxylic acids is 1. The molecule has 2 aliphatic rings. The molecule has 0 spiro atoms. The molecule has 1 aromatic rings. The number of aliphatic carboxylic acids is 1. The van der Waals surface area contributed by atoms with Crippen LogP contribution in [0.4, 0.5) is 0 Å². The van der Waals surface area contributed by atoms with Crippen LogP contribution in [0.15, 0.2) is 18.2 Å². The van der Waals surface area contributed by atoms with Gasteiger partial charge in [0.05, 0.1) is 5.41 Å². The molecule has 166 valence electrons. The van der Waals surface area contributed by atoms with Crippen LogP contribution in [0.2, 0.25) is 0 Å². The maximum atomic E-state index is 13.5. The molecule has 0 heterocycles. The summed E-state index contributed by atoms with van der Waals surface area (Å²) in [6, 6.07) is 6.13. The summed E-state index contributed by atoms with van der Waals surface area (Å²) in [6.07, 6.45) is 7.30. The minimum absolute atomic E-state index is 0.0363. The molecular weight excluding hydrogens is 394 g/mol. The van der Waals surface area contributed by atoms with E-state index in [0.717, 1.165) is 37.9 Å². The fourth-order valence-corrected chi connectivity index (χ4v) is 6.43. The van der Waals surface area contributed by atoms with E-state index >= 15 is 0 Å². The minimum Gasteiger partial charge on any atom is -0.480 e. The van der Waals surface area contributed by atoms with Gasteiger partial charge in [-0.25, -0.2) is 4.79 Å². The van der Waals surface area contributed by atoms with Gasteiger partial charge in [0.2, 0.25) is 5.91 Å². The summed E-state index contributed by atoms with van der Waals surface area (Å²) >= 11 is 1.61. The molecule has 0 aliphatic heterocycles. The first-order chi connectivity index (χ1) is 14.1. The Morgan fingerprint density at radius 2 is 2.00 bits per heavy atom. The Morgan fingerprint density at radius 1 is 1.27 bits per heavy atom. The number of rotatable bonds is 7. The van der Waals surface area contributed by atoms with Crippen LogP contribution in [0.3, 0.4) is 0 Å². The van der Waals surface area contributed by atoms with Gasteiger partial charge in [-0.05, 0) is 78.1 Å². The molecule has 5 heteroatoms. The van der Waals surface area contributed by atoms with Gasteiger partial charge in [-0.2, -0.15) is 11.8 Å². The normalized spacial score (nSPS) is 29.1. The number of aryl methyl sites for hydroxylation is 1. The van der Waals surface area contributed by atoms with E-state index in [9.17, 15) is 14.7 Å². The van der Waals surface area contributed by atoms with E-state index in [4.69, 9.17) is 0 Å². The highest BCUT2D eigenvalue weighted by Gasteiger charge is 2.55. The topological polar surface area (TPSA) is 66.4 Å². The molecule has 30 heavy (non-hydrogen) atoms. The highest BCUT2D eigenvalue weighted by Crippen LogP contribution is 2.57. The maximum absolute atomic E-state index is 13.5. The smallest absolute Gasteiger partial charge is 0.326 e. The molecule has 2 N–H and O–H groups in total. The van der Waals surface area contributed by atoms with Crippen molar-refractivity contribution in [2.75, 3.05) is 12.0 Å². The summed E-state index contributed by atoms with van der Waals surface area (Å²) in [5.74, 6) is 0.452. The lowest BCUT2D eigenvalue weighted by Gasteiger charge is -2.54. The van der Waals surface area contributed by atoms with Crippen molar-refractivity contribution in [1.82, 2.24) is 5.32 Å². The van der Waals surface area contributed by atoms with Gasteiger partial charge < -0.3 is 10.4 Å². The zero-order chi connectivity index (χ0) is 22.1. The van der Waals surface area contributed by atoms with Crippen molar-refractivity contribution in [1.29, 1.82) is 0 Å². The van der Waals surface area contributed by atoms with Crippen LogP contribution in [0, 0.1) is 11.3 Å². The number of carboxylic acid groups (broad SMARTS) is 1. The second kappa shape index (κ2) is 8.94. The molecule has 0 unspecified atom stereocenters. The van der Waals surface area contributed by atoms with Gasteiger partial charge in [0.15, 0.2) is 0 Å². The van der Waals surface area contributed by atoms with E-state index in [1.54, 1.807) is 11.8 Å². The zero-order valence-corrected chi connectivity index (χ0v) is 19.9. The predicted octanol–water partition coefficient (Wildman–Crippen LogP) is 5.14. The molecule has 0 radical (unpaired) electrons. The van der Waals surface area contributed by atoms with Crippen LogP contribution in [-0.2, 0) is 21.4 Å². The van der Waals surface area contributed by atoms with E-state index in [0.29, 0.717) is 12.3 Å². The number of hydrogen-bond acceptors (Lipinski definition) is 3. The Bertz CT molecular complexity index is 808. The Kier molecular flexibility index (Phi) is 6.91. The summed E-state index contributed by atoms with van der Waals surface area (Å²) in [5.41, 5.74) is 3.65. The molecule has 4 nitrogen and oxygen atoms in total. The number of thioether (sulfide) groups is 1. The van der Waals surface area contributed by atoms with Crippen LogP contribution < -0.4 is 5.32 Å². The molecule has 1 saturated carbocycles. The molecule has 2 aliphatic carbocycles. The Morgan fingerprint density at radius 3 is 2.63 bits per heavy atom. The van der Waals surface area contributed by atoms with Crippen LogP contribution in [0.1, 0.15) is 82.4 Å². The number of hydrogen-bond donors (Lipinski definition) is 2. The van der Waals surface area contributed by atoms with Crippen molar-refractivity contribution in [2.45, 2.75) is 83.6 Å². The van der Waals surface area contributed by atoms with Crippen molar-refractivity contribution in [2.24, 2.45) is 11.3 Å². The SMILES string of the molecule is CSCC[C@@H](NC(=O)[C@]1(C)CCC[C@]2(C)c3ccc(C(C)C)cc3CC[C@@H]12)C(=O)O. The summed E-state index contributed by atoms with van der Waals surface area (Å²) in [6.45, 7) is 8.86. The Balaban J connectivity index is 1.89. The number of fused-ring (bicyclic) bond motifs is 3. The molecule has 1 amide bonds. The molecule has 0 saturated heterocycles. The maximum Gasteiger partial charge on any atom is 0.326 e. The highest BCUT2D eigenvalue weighted by molar-refractivity contribution is 7.98. The molecule has 4 atom stereocenters. The van der Waals surface area contributed by atoms with Gasteiger partial charge in [-0.1, -0.05) is 52.3 Å². The number of carbonyl (C=O) groups excluding carboxylic acids is 1. The molecule has 3 rings (SSSR count). The van der Waals surface area contributed by atoms with Crippen molar-refractivity contribution >= 4 is 23.6 Å². The van der Waals surface area contributed by atoms with Crippen LogP contribution in [0.25, 0.3) is 0 Å². The monoisotopic (exact) mass is 431 g/mol. The van der Waals surface area contributed by atoms with Gasteiger partial charge in [0.25, 0.3) is 0 Å². The third-order valence-electron chi connectivity index (χ3n) is 7.78. The van der Waals surface area contributed by atoms with Crippen molar-refractivity contribution in [3.05, 3.63) is 34.9 Å². The number of nitrogens with one attached hydrogen (secondary N) is 1. The average molecular weight is 432 g/mol. The number of benzene rings is 1. The molecule has 1 aromatic carbocycles. The third-order valence-corrected chi connectivity index (χ3v) is 8.42. The fourth-order valence-electron chi connectivity index (χ4n) is 5.96. The predicted molar refractivity (Wildman–Crippen MR) is 124 cm³/mol. The third kappa shape index (κ3) is 4.15. The lowest BCUT2D eigenvalue weighted by atomic mass is 9.49. The van der Waals surface area contributed by atoms with E-state index < -0.39 is 17.4 Å². The van der Waals surface area contributed by atoms with Gasteiger partial charge in [0, 0.05) is 0 Å². The van der Waals surface area contributed by atoms with Crippen molar-refractivity contribution in [3.63, 3.8) is 0 Å². The number of carbonyl (C=O) groups is 2. The van der Waals surface area contributed by atoms with E-state index in [1.165, 1.54) is 16.7 Å². The van der Waals surface area contributed by atoms with Gasteiger partial charge in [0.1, 0.15) is 6.04 Å². The van der Waals surface area contributed by atoms with Crippen molar-refractivity contribution < 1.29 is 14.7 Å². The largest absolute Gasteiger partial charge is 0.480 e. The van der Waals surface area contributed by atoms with E-state index in [1.807, 2.05) is 6.26 Å². The Hall–Kier alpha value is -1.49. The Labute approximate surface area is 185 Å². The van der Waals surface area contributed by atoms with E-state index in [-0.39, 0.29) is 17.2 Å². The lowest BCUT2D eigenvalue weighted by molar-refractivity contribution is -0.147. The first-order valence-electron chi connectivity index (χ1n) is 11.3. The summed E-state index contributed by atoms with van der Waals surface area (Å²) in [4.78, 5) is 25.2. The number of amides is 1. The van der Waals surface area contributed by atoms with Crippen LogP contribution >= 0.6 is 11.8 Å². The molecular formula is C25H37NO3S. The standard InChI is InChI=1S/C25H37NO3S/c1-16(2)17-7-9-19-18(15-17)8-10-21-24(19,3)12-6-13-25(21,4)23(29)26-20(22(27)28)11-14-30-5/h7,9,15-16,20-21H,6,8,10-14H2,1-5H3,(H,26,29)(H,27,28)/t20-,21-,24-,25-/m1/s1. The van der Waals surface area contributed by atoms with Crippen LogP contribution in [0.5, 0.6) is 0 Å². The second-order valence-corrected chi connectivity index (χ2v) is 11.0. The van der Waals surface area contributed by atoms with Gasteiger partial charge in [-0.15, -0.1) is 0 Å². The summed E-state index contributed by atoms with van der Waals surface area (Å²) in [5, 5.41) is 12.5. The molecule has 1 fully saturated rings. The first-order valence-corrected chi connectivity index (χ1v) is 12.7.